The highest BCUT2D eigenvalue weighted by molar-refractivity contribution is 5.76. The number of nitrogens with zero attached hydrogens (tertiary/aromatic N) is 1. The fourth-order valence-electron chi connectivity index (χ4n) is 4.13. The van der Waals surface area contributed by atoms with Gasteiger partial charge in [0.2, 0.25) is 5.91 Å². The van der Waals surface area contributed by atoms with Crippen LogP contribution in [0.5, 0.6) is 0 Å². The van der Waals surface area contributed by atoms with Crippen LogP contribution in [0, 0.1) is 11.8 Å². The molecule has 3 aliphatic rings. The Bertz CT molecular complexity index is 328. The van der Waals surface area contributed by atoms with Gasteiger partial charge in [0.15, 0.2) is 0 Å². The molecule has 2 saturated carbocycles. The Kier molecular flexibility index (Phi) is 5.56. The molecule has 1 amide bonds. The Morgan fingerprint density at radius 3 is 2.38 bits per heavy atom. The summed E-state index contributed by atoms with van der Waals surface area (Å²) in [6.07, 6.45) is 13.9. The van der Waals surface area contributed by atoms with Crippen molar-refractivity contribution in [2.24, 2.45) is 11.8 Å². The average Bonchev–Trinajstić information content (AvgIpc) is 3.37. The summed E-state index contributed by atoms with van der Waals surface area (Å²) in [5, 5.41) is 3.46. The van der Waals surface area contributed by atoms with E-state index in [4.69, 9.17) is 0 Å². The van der Waals surface area contributed by atoms with E-state index in [1.165, 1.54) is 64.3 Å². The average molecular weight is 292 g/mol. The van der Waals surface area contributed by atoms with E-state index in [0.29, 0.717) is 11.9 Å². The quantitative estimate of drug-likeness (QED) is 0.814. The van der Waals surface area contributed by atoms with Crippen LogP contribution in [0.15, 0.2) is 0 Å². The van der Waals surface area contributed by atoms with E-state index in [9.17, 15) is 4.79 Å². The predicted octanol–water partition coefficient (Wildman–Crippen LogP) is 3.34. The number of carbonyl (C=O) groups is 1. The van der Waals surface area contributed by atoms with Crippen LogP contribution in [0.1, 0.15) is 70.6 Å². The molecule has 1 saturated heterocycles. The first-order valence-corrected chi connectivity index (χ1v) is 9.33. The first-order valence-electron chi connectivity index (χ1n) is 9.33. The van der Waals surface area contributed by atoms with Crippen LogP contribution < -0.4 is 5.32 Å². The van der Waals surface area contributed by atoms with E-state index in [0.717, 1.165) is 37.8 Å². The van der Waals surface area contributed by atoms with Crippen molar-refractivity contribution < 1.29 is 4.79 Å². The summed E-state index contributed by atoms with van der Waals surface area (Å²) in [4.78, 5) is 14.9. The van der Waals surface area contributed by atoms with Crippen molar-refractivity contribution in [3.05, 3.63) is 0 Å². The van der Waals surface area contributed by atoms with Gasteiger partial charge in [0.1, 0.15) is 0 Å². The third-order valence-electron chi connectivity index (χ3n) is 5.65. The van der Waals surface area contributed by atoms with Gasteiger partial charge in [0.25, 0.3) is 0 Å². The molecule has 3 rings (SSSR count). The Morgan fingerprint density at radius 2 is 1.71 bits per heavy atom. The summed E-state index contributed by atoms with van der Waals surface area (Å²) in [6, 6.07) is 0.601. The molecule has 0 aromatic heterocycles. The van der Waals surface area contributed by atoms with Crippen LogP contribution in [0.25, 0.3) is 0 Å². The molecule has 1 aliphatic heterocycles. The molecule has 0 aromatic carbocycles. The van der Waals surface area contributed by atoms with Gasteiger partial charge in [0.05, 0.1) is 0 Å². The van der Waals surface area contributed by atoms with Crippen LogP contribution >= 0.6 is 0 Å². The van der Waals surface area contributed by atoms with E-state index >= 15 is 0 Å². The van der Waals surface area contributed by atoms with Gasteiger partial charge < -0.3 is 10.2 Å². The summed E-state index contributed by atoms with van der Waals surface area (Å²) in [5.74, 6) is 1.98. The number of hydrogen-bond acceptors (Lipinski definition) is 2. The zero-order valence-corrected chi connectivity index (χ0v) is 13.5. The molecule has 0 bridgehead atoms. The summed E-state index contributed by atoms with van der Waals surface area (Å²) >= 11 is 0. The maximum absolute atomic E-state index is 12.6. The Hall–Kier alpha value is -0.570. The van der Waals surface area contributed by atoms with Gasteiger partial charge in [0, 0.05) is 19.0 Å². The van der Waals surface area contributed by atoms with Crippen molar-refractivity contribution in [3.8, 4) is 0 Å². The second-order valence-corrected chi connectivity index (χ2v) is 7.53. The fraction of sp³-hybridized carbons (Fsp3) is 0.944. The molecule has 0 aromatic rings. The summed E-state index contributed by atoms with van der Waals surface area (Å²) in [6.45, 7) is 3.35. The maximum Gasteiger partial charge on any atom is 0.222 e. The lowest BCUT2D eigenvalue weighted by atomic mass is 9.88. The van der Waals surface area contributed by atoms with Crippen LogP contribution in [0.4, 0.5) is 0 Å². The topological polar surface area (TPSA) is 32.3 Å². The third-order valence-corrected chi connectivity index (χ3v) is 5.65. The van der Waals surface area contributed by atoms with Crippen molar-refractivity contribution in [2.45, 2.75) is 76.7 Å². The zero-order valence-electron chi connectivity index (χ0n) is 13.5. The Labute approximate surface area is 129 Å². The van der Waals surface area contributed by atoms with E-state index < -0.39 is 0 Å². The minimum Gasteiger partial charge on any atom is -0.339 e. The molecule has 1 atom stereocenters. The highest BCUT2D eigenvalue weighted by Gasteiger charge is 2.34. The molecule has 1 unspecified atom stereocenters. The second-order valence-electron chi connectivity index (χ2n) is 7.53. The predicted molar refractivity (Wildman–Crippen MR) is 86.1 cm³/mol. The standard InChI is InChI=1S/C18H32N2O/c21-18(11-8-15-7-4-12-19-13-15)20(17-9-10-17)14-16-5-2-1-3-6-16/h15-17,19H,1-14H2. The number of nitrogens with one attached hydrogen (secondary N) is 1. The van der Waals surface area contributed by atoms with Crippen LogP contribution in [0.2, 0.25) is 0 Å². The lowest BCUT2D eigenvalue weighted by molar-refractivity contribution is -0.133. The molecule has 3 nitrogen and oxygen atoms in total. The number of rotatable bonds is 6. The lowest BCUT2D eigenvalue weighted by Gasteiger charge is -2.31. The van der Waals surface area contributed by atoms with Crippen molar-refractivity contribution in [3.63, 3.8) is 0 Å². The minimum atomic E-state index is 0.452. The van der Waals surface area contributed by atoms with E-state index in [-0.39, 0.29) is 0 Å². The van der Waals surface area contributed by atoms with E-state index in [2.05, 4.69) is 10.2 Å². The first kappa shape index (κ1) is 15.3. The molecule has 3 heteroatoms. The van der Waals surface area contributed by atoms with Crippen molar-refractivity contribution in [2.75, 3.05) is 19.6 Å². The smallest absolute Gasteiger partial charge is 0.222 e. The van der Waals surface area contributed by atoms with Crippen LogP contribution in [-0.2, 0) is 4.79 Å². The van der Waals surface area contributed by atoms with Gasteiger partial charge in [-0.15, -0.1) is 0 Å². The lowest BCUT2D eigenvalue weighted by Crippen LogP contribution is -2.38. The fourth-order valence-corrected chi connectivity index (χ4v) is 4.13. The molecule has 1 N–H and O–H groups in total. The number of hydrogen-bond donors (Lipinski definition) is 1. The molecular weight excluding hydrogens is 260 g/mol. The maximum atomic E-state index is 12.6. The molecule has 120 valence electrons. The SMILES string of the molecule is O=C(CCC1CCCNC1)N(CC1CCCCC1)C1CC1. The van der Waals surface area contributed by atoms with Gasteiger partial charge >= 0.3 is 0 Å². The Morgan fingerprint density at radius 1 is 0.952 bits per heavy atom. The van der Waals surface area contributed by atoms with Gasteiger partial charge in [-0.3, -0.25) is 4.79 Å². The monoisotopic (exact) mass is 292 g/mol. The van der Waals surface area contributed by atoms with Gasteiger partial charge in [-0.25, -0.2) is 0 Å². The second kappa shape index (κ2) is 7.62. The van der Waals surface area contributed by atoms with Gasteiger partial charge in [-0.05, 0) is 69.9 Å². The summed E-state index contributed by atoms with van der Waals surface area (Å²) in [5.41, 5.74) is 0. The zero-order chi connectivity index (χ0) is 14.5. The van der Waals surface area contributed by atoms with Crippen LogP contribution in [0.3, 0.4) is 0 Å². The van der Waals surface area contributed by atoms with Crippen LogP contribution in [-0.4, -0.2) is 36.5 Å². The molecule has 0 radical (unpaired) electrons. The third kappa shape index (κ3) is 4.70. The van der Waals surface area contributed by atoms with Crippen molar-refractivity contribution in [1.82, 2.24) is 10.2 Å². The largest absolute Gasteiger partial charge is 0.339 e. The molecule has 1 heterocycles. The molecule has 2 aliphatic carbocycles. The highest BCUT2D eigenvalue weighted by atomic mass is 16.2. The van der Waals surface area contributed by atoms with Gasteiger partial charge in [-0.2, -0.15) is 0 Å². The highest BCUT2D eigenvalue weighted by Crippen LogP contribution is 2.32. The first-order chi connectivity index (χ1) is 10.3. The Balaban J connectivity index is 1.44. The molecular formula is C18H32N2O. The van der Waals surface area contributed by atoms with Crippen molar-refractivity contribution >= 4 is 5.91 Å². The normalized spacial score (nSPS) is 27.5. The molecule has 3 fully saturated rings. The van der Waals surface area contributed by atoms with Gasteiger partial charge in [-0.1, -0.05) is 19.3 Å². The van der Waals surface area contributed by atoms with Crippen molar-refractivity contribution in [1.29, 1.82) is 0 Å². The van der Waals surface area contributed by atoms with E-state index in [1.54, 1.807) is 0 Å². The molecule has 0 spiro atoms. The number of piperidine rings is 1. The summed E-state index contributed by atoms with van der Waals surface area (Å²) in [7, 11) is 0. The number of carbonyl (C=O) groups excluding carboxylic acids is 1. The van der Waals surface area contributed by atoms with E-state index in [1.807, 2.05) is 0 Å². The molecule has 21 heavy (non-hydrogen) atoms. The minimum absolute atomic E-state index is 0.452. The number of amides is 1. The summed E-state index contributed by atoms with van der Waals surface area (Å²) < 4.78 is 0.